The van der Waals surface area contributed by atoms with E-state index in [1.54, 1.807) is 11.8 Å². The first-order valence-corrected chi connectivity index (χ1v) is 7.23. The van der Waals surface area contributed by atoms with Gasteiger partial charge in [-0.1, -0.05) is 23.9 Å². The molecule has 2 rings (SSSR count). The Morgan fingerprint density at radius 1 is 1.50 bits per heavy atom. The highest BCUT2D eigenvalue weighted by atomic mass is 32.2. The van der Waals surface area contributed by atoms with Crippen molar-refractivity contribution in [3.63, 3.8) is 0 Å². The Morgan fingerprint density at radius 3 is 2.89 bits per heavy atom. The highest BCUT2D eigenvalue weighted by Crippen LogP contribution is 2.31. The SMILES string of the molecule is CC(=O)SCC1CC(=O)N(c2ccccc2S)C1. The summed E-state index contributed by atoms with van der Waals surface area (Å²) in [5.41, 5.74) is 0.862. The number of hydrogen-bond acceptors (Lipinski definition) is 4. The van der Waals surface area contributed by atoms with E-state index in [1.165, 1.54) is 11.8 Å². The fourth-order valence-corrected chi connectivity index (χ4v) is 3.03. The number of rotatable bonds is 3. The van der Waals surface area contributed by atoms with Crippen molar-refractivity contribution in [2.75, 3.05) is 17.2 Å². The van der Waals surface area contributed by atoms with Crippen LogP contribution < -0.4 is 4.90 Å². The van der Waals surface area contributed by atoms with E-state index >= 15 is 0 Å². The van der Waals surface area contributed by atoms with Gasteiger partial charge in [0.15, 0.2) is 5.12 Å². The average molecular weight is 281 g/mol. The molecule has 1 heterocycles. The molecule has 1 saturated heterocycles. The van der Waals surface area contributed by atoms with Crippen molar-refractivity contribution in [2.45, 2.75) is 18.2 Å². The Labute approximate surface area is 116 Å². The van der Waals surface area contributed by atoms with Gasteiger partial charge in [0.2, 0.25) is 5.91 Å². The van der Waals surface area contributed by atoms with Crippen molar-refractivity contribution in [3.05, 3.63) is 24.3 Å². The van der Waals surface area contributed by atoms with Gasteiger partial charge in [-0.3, -0.25) is 9.59 Å². The van der Waals surface area contributed by atoms with E-state index in [4.69, 9.17) is 0 Å². The van der Waals surface area contributed by atoms with E-state index in [1.807, 2.05) is 24.3 Å². The van der Waals surface area contributed by atoms with Gasteiger partial charge in [0, 0.05) is 30.5 Å². The fourth-order valence-electron chi connectivity index (χ4n) is 2.05. The van der Waals surface area contributed by atoms with Crippen LogP contribution in [-0.4, -0.2) is 23.3 Å². The van der Waals surface area contributed by atoms with Gasteiger partial charge in [-0.15, -0.1) is 12.6 Å². The number of amides is 1. The zero-order valence-electron chi connectivity index (χ0n) is 10.1. The number of hydrogen-bond donors (Lipinski definition) is 1. The predicted molar refractivity (Wildman–Crippen MR) is 77.3 cm³/mol. The monoisotopic (exact) mass is 281 g/mol. The Balaban J connectivity index is 2.06. The van der Waals surface area contributed by atoms with Crippen LogP contribution >= 0.6 is 24.4 Å². The van der Waals surface area contributed by atoms with Gasteiger partial charge in [-0.2, -0.15) is 0 Å². The molecule has 1 unspecified atom stereocenters. The molecule has 0 spiro atoms. The predicted octanol–water partition coefficient (Wildman–Crippen LogP) is 2.61. The lowest BCUT2D eigenvalue weighted by molar-refractivity contribution is -0.117. The average Bonchev–Trinajstić information content (AvgIpc) is 2.69. The standard InChI is InChI=1S/C13H15NO2S2/c1-9(15)18-8-10-6-13(16)14(7-10)11-4-2-3-5-12(11)17/h2-5,10,17H,6-8H2,1H3. The number of nitrogens with zero attached hydrogens (tertiary/aromatic N) is 1. The molecular weight excluding hydrogens is 266 g/mol. The van der Waals surface area contributed by atoms with Crippen LogP contribution in [0.4, 0.5) is 5.69 Å². The van der Waals surface area contributed by atoms with Crippen molar-refractivity contribution in [2.24, 2.45) is 5.92 Å². The molecule has 0 aliphatic carbocycles. The van der Waals surface area contributed by atoms with Crippen LogP contribution in [0.1, 0.15) is 13.3 Å². The fraction of sp³-hybridized carbons (Fsp3) is 0.385. The summed E-state index contributed by atoms with van der Waals surface area (Å²) < 4.78 is 0. The minimum atomic E-state index is 0.107. The number of thioether (sulfide) groups is 1. The Kier molecular flexibility index (Phi) is 4.35. The third-order valence-electron chi connectivity index (χ3n) is 2.90. The molecule has 0 aromatic heterocycles. The molecule has 0 bridgehead atoms. The third kappa shape index (κ3) is 3.09. The van der Waals surface area contributed by atoms with Crippen LogP contribution in [0.3, 0.4) is 0 Å². The number of para-hydroxylation sites is 1. The minimum absolute atomic E-state index is 0.107. The van der Waals surface area contributed by atoms with Crippen LogP contribution in [0, 0.1) is 5.92 Å². The Hall–Kier alpha value is -0.940. The third-order valence-corrected chi connectivity index (χ3v) is 4.32. The van der Waals surface area contributed by atoms with Crippen LogP contribution in [0.15, 0.2) is 29.2 Å². The zero-order valence-corrected chi connectivity index (χ0v) is 11.8. The van der Waals surface area contributed by atoms with Crippen LogP contribution in [0.25, 0.3) is 0 Å². The Bertz CT molecular complexity index is 476. The van der Waals surface area contributed by atoms with Crippen LogP contribution in [0.5, 0.6) is 0 Å². The summed E-state index contributed by atoms with van der Waals surface area (Å²) in [7, 11) is 0. The summed E-state index contributed by atoms with van der Waals surface area (Å²) >= 11 is 5.67. The lowest BCUT2D eigenvalue weighted by atomic mass is 10.1. The highest BCUT2D eigenvalue weighted by Gasteiger charge is 2.31. The molecule has 18 heavy (non-hydrogen) atoms. The van der Waals surface area contributed by atoms with E-state index in [2.05, 4.69) is 12.6 Å². The first-order valence-electron chi connectivity index (χ1n) is 5.79. The van der Waals surface area contributed by atoms with Crippen LogP contribution in [-0.2, 0) is 9.59 Å². The molecule has 1 aromatic carbocycles. The van der Waals surface area contributed by atoms with Gasteiger partial charge in [-0.05, 0) is 18.1 Å². The van der Waals surface area contributed by atoms with Crippen molar-refractivity contribution in [1.29, 1.82) is 0 Å². The van der Waals surface area contributed by atoms with E-state index in [9.17, 15) is 9.59 Å². The first-order chi connectivity index (χ1) is 8.58. The molecule has 0 radical (unpaired) electrons. The normalized spacial score (nSPS) is 19.3. The smallest absolute Gasteiger partial charge is 0.227 e. The largest absolute Gasteiger partial charge is 0.311 e. The van der Waals surface area contributed by atoms with Crippen molar-refractivity contribution in [1.82, 2.24) is 0 Å². The zero-order chi connectivity index (χ0) is 13.1. The lowest BCUT2D eigenvalue weighted by Crippen LogP contribution is -2.25. The van der Waals surface area contributed by atoms with Gasteiger partial charge in [-0.25, -0.2) is 0 Å². The molecule has 0 N–H and O–H groups in total. The minimum Gasteiger partial charge on any atom is -0.311 e. The van der Waals surface area contributed by atoms with Crippen molar-refractivity contribution < 1.29 is 9.59 Å². The van der Waals surface area contributed by atoms with Gasteiger partial charge in [0.1, 0.15) is 0 Å². The second kappa shape index (κ2) is 5.80. The molecule has 1 atom stereocenters. The molecule has 96 valence electrons. The van der Waals surface area contributed by atoms with Crippen molar-refractivity contribution >= 4 is 41.1 Å². The number of carbonyl (C=O) groups is 2. The maximum atomic E-state index is 12.0. The number of benzene rings is 1. The number of thiol groups is 1. The maximum absolute atomic E-state index is 12.0. The molecule has 1 fully saturated rings. The van der Waals surface area contributed by atoms with E-state index < -0.39 is 0 Å². The molecule has 1 aliphatic heterocycles. The van der Waals surface area contributed by atoms with E-state index in [0.717, 1.165) is 10.6 Å². The molecule has 3 nitrogen and oxygen atoms in total. The van der Waals surface area contributed by atoms with Crippen LogP contribution in [0.2, 0.25) is 0 Å². The molecule has 1 aromatic rings. The lowest BCUT2D eigenvalue weighted by Gasteiger charge is -2.18. The van der Waals surface area contributed by atoms with Gasteiger partial charge >= 0.3 is 0 Å². The summed E-state index contributed by atoms with van der Waals surface area (Å²) in [6, 6.07) is 7.58. The summed E-state index contributed by atoms with van der Waals surface area (Å²) in [5.74, 6) is 1.08. The first kappa shape index (κ1) is 13.5. The molecule has 5 heteroatoms. The van der Waals surface area contributed by atoms with Gasteiger partial charge in [0.05, 0.1) is 5.69 Å². The maximum Gasteiger partial charge on any atom is 0.227 e. The Morgan fingerprint density at radius 2 is 2.22 bits per heavy atom. The quantitative estimate of drug-likeness (QED) is 0.865. The van der Waals surface area contributed by atoms with E-state index in [-0.39, 0.29) is 16.9 Å². The van der Waals surface area contributed by atoms with Crippen molar-refractivity contribution in [3.8, 4) is 0 Å². The second-order valence-corrected chi connectivity index (χ2v) is 6.04. The summed E-state index contributed by atoms with van der Waals surface area (Å²) in [6.07, 6.45) is 0.516. The van der Waals surface area contributed by atoms with Gasteiger partial charge in [0.25, 0.3) is 0 Å². The second-order valence-electron chi connectivity index (χ2n) is 4.37. The summed E-state index contributed by atoms with van der Waals surface area (Å²) in [6.45, 7) is 2.24. The molecular formula is C13H15NO2S2. The molecule has 0 saturated carbocycles. The molecule has 1 aliphatic rings. The van der Waals surface area contributed by atoms with Gasteiger partial charge < -0.3 is 4.90 Å². The van der Waals surface area contributed by atoms with E-state index in [0.29, 0.717) is 18.7 Å². The number of anilines is 1. The molecule has 1 amide bonds. The summed E-state index contributed by atoms with van der Waals surface area (Å²) in [5, 5.41) is 0.107. The topological polar surface area (TPSA) is 37.4 Å². The highest BCUT2D eigenvalue weighted by molar-refractivity contribution is 8.13. The summed E-state index contributed by atoms with van der Waals surface area (Å²) in [4.78, 5) is 25.5. The number of carbonyl (C=O) groups excluding carboxylic acids is 2.